The third-order valence-corrected chi connectivity index (χ3v) is 2.98. The van der Waals surface area contributed by atoms with E-state index in [0.29, 0.717) is 5.92 Å². The van der Waals surface area contributed by atoms with Gasteiger partial charge in [0.15, 0.2) is 0 Å². The Morgan fingerprint density at radius 3 is 2.89 bits per heavy atom. The Labute approximate surface area is 106 Å². The number of carbonyl (C=O) groups is 1. The lowest BCUT2D eigenvalue weighted by atomic mass is 10.2. The van der Waals surface area contributed by atoms with E-state index in [-0.39, 0.29) is 6.03 Å². The fourth-order valence-electron chi connectivity index (χ4n) is 1.75. The van der Waals surface area contributed by atoms with Crippen LogP contribution in [-0.4, -0.2) is 28.1 Å². The molecule has 98 valence electrons. The molecule has 0 atom stereocenters. The highest BCUT2D eigenvalue weighted by Crippen LogP contribution is 2.27. The Balaban J connectivity index is 1.87. The molecule has 1 heterocycles. The number of carbonyl (C=O) groups excluding carboxylic acids is 1. The van der Waals surface area contributed by atoms with Crippen LogP contribution in [0.3, 0.4) is 0 Å². The molecule has 6 nitrogen and oxygen atoms in total. The maximum Gasteiger partial charge on any atom is 0.335 e. The van der Waals surface area contributed by atoms with Gasteiger partial charge in [0, 0.05) is 25.4 Å². The van der Waals surface area contributed by atoms with Crippen LogP contribution in [0.2, 0.25) is 0 Å². The Morgan fingerprint density at radius 2 is 2.33 bits per heavy atom. The van der Waals surface area contributed by atoms with Crippen LogP contribution < -0.4 is 10.7 Å². The molecule has 1 aliphatic rings. The maximum absolute atomic E-state index is 11.5. The van der Waals surface area contributed by atoms with Crippen molar-refractivity contribution >= 4 is 11.7 Å². The minimum atomic E-state index is -0.247. The summed E-state index contributed by atoms with van der Waals surface area (Å²) in [7, 11) is 1.86. The van der Waals surface area contributed by atoms with E-state index >= 15 is 0 Å². The van der Waals surface area contributed by atoms with Crippen LogP contribution in [0.25, 0.3) is 0 Å². The number of rotatable bonds is 4. The first-order chi connectivity index (χ1) is 8.56. The van der Waals surface area contributed by atoms with E-state index in [1.54, 1.807) is 4.68 Å². The number of hydrazone groups is 1. The molecule has 1 aromatic rings. The Bertz CT molecular complexity index is 473. The number of aryl methyl sites for hydroxylation is 2. The number of nitrogens with zero attached hydrogens (tertiary/aromatic N) is 3. The summed E-state index contributed by atoms with van der Waals surface area (Å²) in [5, 5.41) is 11.1. The normalized spacial score (nSPS) is 15.6. The Hall–Kier alpha value is -1.85. The van der Waals surface area contributed by atoms with Crippen molar-refractivity contribution in [3.05, 3.63) is 17.5 Å². The summed E-state index contributed by atoms with van der Waals surface area (Å²) in [6, 6.07) is -0.247. The van der Waals surface area contributed by atoms with Gasteiger partial charge in [-0.3, -0.25) is 4.68 Å². The summed E-state index contributed by atoms with van der Waals surface area (Å²) in [5.41, 5.74) is 5.10. The fourth-order valence-corrected chi connectivity index (χ4v) is 1.75. The molecule has 1 aliphatic carbocycles. The number of amides is 2. The second-order valence-corrected chi connectivity index (χ2v) is 4.76. The van der Waals surface area contributed by atoms with Gasteiger partial charge in [-0.2, -0.15) is 10.2 Å². The largest absolute Gasteiger partial charge is 0.336 e. The van der Waals surface area contributed by atoms with Crippen LogP contribution >= 0.6 is 0 Å². The molecule has 0 unspecified atom stereocenters. The van der Waals surface area contributed by atoms with Crippen LogP contribution in [0.1, 0.15) is 31.0 Å². The summed E-state index contributed by atoms with van der Waals surface area (Å²) < 4.78 is 1.73. The first-order valence-electron chi connectivity index (χ1n) is 6.15. The van der Waals surface area contributed by atoms with E-state index in [0.717, 1.165) is 23.5 Å². The number of aromatic nitrogens is 2. The second-order valence-electron chi connectivity index (χ2n) is 4.76. The van der Waals surface area contributed by atoms with Gasteiger partial charge >= 0.3 is 6.03 Å². The highest BCUT2D eigenvalue weighted by atomic mass is 16.2. The van der Waals surface area contributed by atoms with Crippen molar-refractivity contribution in [1.29, 1.82) is 0 Å². The first-order valence-corrected chi connectivity index (χ1v) is 6.15. The lowest BCUT2D eigenvalue weighted by molar-refractivity contribution is 0.241. The molecule has 0 radical (unpaired) electrons. The maximum atomic E-state index is 11.5. The lowest BCUT2D eigenvalue weighted by Crippen LogP contribution is -2.34. The highest BCUT2D eigenvalue weighted by molar-refractivity contribution is 5.99. The average Bonchev–Trinajstić information content (AvgIpc) is 3.08. The van der Waals surface area contributed by atoms with E-state index < -0.39 is 0 Å². The van der Waals surface area contributed by atoms with E-state index in [4.69, 9.17) is 0 Å². The van der Waals surface area contributed by atoms with Crippen LogP contribution in [0.5, 0.6) is 0 Å². The molecule has 2 amide bonds. The zero-order valence-corrected chi connectivity index (χ0v) is 11.0. The number of hydrogen-bond donors (Lipinski definition) is 2. The number of urea groups is 1. The fraction of sp³-hybridized carbons (Fsp3) is 0.583. The third-order valence-electron chi connectivity index (χ3n) is 2.98. The first kappa shape index (κ1) is 12.6. The van der Waals surface area contributed by atoms with Gasteiger partial charge in [-0.25, -0.2) is 10.2 Å². The van der Waals surface area contributed by atoms with Crippen LogP contribution in [0.15, 0.2) is 11.3 Å². The standard InChI is InChI=1S/C12H19N5O/c1-8(11-7-17(3)16-9(11)2)14-15-12(18)13-6-10-4-5-10/h7,10H,4-6H2,1-3H3,(H2,13,15,18). The smallest absolute Gasteiger partial charge is 0.335 e. The predicted molar refractivity (Wildman–Crippen MR) is 69.4 cm³/mol. The summed E-state index contributed by atoms with van der Waals surface area (Å²) in [6.45, 7) is 4.51. The quantitative estimate of drug-likeness (QED) is 0.621. The average molecular weight is 249 g/mol. The van der Waals surface area contributed by atoms with Crippen LogP contribution in [0.4, 0.5) is 4.79 Å². The minimum Gasteiger partial charge on any atom is -0.336 e. The molecule has 0 bridgehead atoms. The summed E-state index contributed by atoms with van der Waals surface area (Å²) in [4.78, 5) is 11.5. The zero-order chi connectivity index (χ0) is 13.1. The molecule has 1 saturated carbocycles. The molecule has 0 aromatic carbocycles. The molecule has 0 spiro atoms. The van der Waals surface area contributed by atoms with E-state index in [9.17, 15) is 4.79 Å². The van der Waals surface area contributed by atoms with Crippen molar-refractivity contribution in [3.8, 4) is 0 Å². The van der Waals surface area contributed by atoms with Gasteiger partial charge in [0.1, 0.15) is 0 Å². The number of hydrogen-bond acceptors (Lipinski definition) is 3. The molecular weight excluding hydrogens is 230 g/mol. The van der Waals surface area contributed by atoms with Gasteiger partial charge in [-0.1, -0.05) is 0 Å². The molecule has 18 heavy (non-hydrogen) atoms. The Kier molecular flexibility index (Phi) is 3.64. The van der Waals surface area contributed by atoms with Crippen LogP contribution in [0, 0.1) is 12.8 Å². The topological polar surface area (TPSA) is 71.3 Å². The van der Waals surface area contributed by atoms with Gasteiger partial charge in [-0.05, 0) is 32.6 Å². The Morgan fingerprint density at radius 1 is 1.61 bits per heavy atom. The summed E-state index contributed by atoms with van der Waals surface area (Å²) >= 11 is 0. The molecular formula is C12H19N5O. The summed E-state index contributed by atoms with van der Waals surface area (Å²) in [6.07, 6.45) is 4.33. The van der Waals surface area contributed by atoms with Crippen molar-refractivity contribution in [2.24, 2.45) is 18.1 Å². The van der Waals surface area contributed by atoms with Crippen molar-refractivity contribution in [3.63, 3.8) is 0 Å². The monoisotopic (exact) mass is 249 g/mol. The van der Waals surface area contributed by atoms with Crippen molar-refractivity contribution in [2.75, 3.05) is 6.54 Å². The molecule has 0 aliphatic heterocycles. The van der Waals surface area contributed by atoms with E-state index in [1.165, 1.54) is 12.8 Å². The van der Waals surface area contributed by atoms with E-state index in [1.807, 2.05) is 27.1 Å². The van der Waals surface area contributed by atoms with Gasteiger partial charge in [0.25, 0.3) is 0 Å². The predicted octanol–water partition coefficient (Wildman–Crippen LogP) is 1.16. The van der Waals surface area contributed by atoms with Gasteiger partial charge in [0.05, 0.1) is 11.4 Å². The third kappa shape index (κ3) is 3.32. The minimum absolute atomic E-state index is 0.247. The number of nitrogens with one attached hydrogen (secondary N) is 2. The van der Waals surface area contributed by atoms with Gasteiger partial charge in [-0.15, -0.1) is 0 Å². The van der Waals surface area contributed by atoms with E-state index in [2.05, 4.69) is 20.9 Å². The van der Waals surface area contributed by atoms with Gasteiger partial charge in [0.2, 0.25) is 0 Å². The van der Waals surface area contributed by atoms with Crippen molar-refractivity contribution < 1.29 is 4.79 Å². The van der Waals surface area contributed by atoms with Gasteiger partial charge < -0.3 is 5.32 Å². The SMILES string of the molecule is CC(=NNC(=O)NCC1CC1)c1cn(C)nc1C. The molecule has 1 fully saturated rings. The lowest BCUT2D eigenvalue weighted by Gasteiger charge is -2.03. The second kappa shape index (κ2) is 5.20. The summed E-state index contributed by atoms with van der Waals surface area (Å²) in [5.74, 6) is 0.668. The molecule has 1 aromatic heterocycles. The van der Waals surface area contributed by atoms with Crippen molar-refractivity contribution in [1.82, 2.24) is 20.5 Å². The zero-order valence-electron chi connectivity index (χ0n) is 11.0. The molecule has 2 rings (SSSR count). The molecule has 6 heteroatoms. The highest BCUT2D eigenvalue weighted by Gasteiger charge is 2.21. The van der Waals surface area contributed by atoms with Crippen LogP contribution in [-0.2, 0) is 7.05 Å². The van der Waals surface area contributed by atoms with Crippen molar-refractivity contribution in [2.45, 2.75) is 26.7 Å². The molecule has 2 N–H and O–H groups in total. The molecule has 0 saturated heterocycles.